The number of amides is 4. The van der Waals surface area contributed by atoms with E-state index in [0.717, 1.165) is 77.9 Å². The van der Waals surface area contributed by atoms with Gasteiger partial charge in [0.2, 0.25) is 11.8 Å². The van der Waals surface area contributed by atoms with Crippen LogP contribution in [0.1, 0.15) is 76.9 Å². The van der Waals surface area contributed by atoms with Crippen molar-refractivity contribution in [3.8, 4) is 28.4 Å². The van der Waals surface area contributed by atoms with Crippen molar-refractivity contribution in [2.45, 2.75) is 76.8 Å². The Balaban J connectivity index is 0.787. The Hall–Kier alpha value is -6.46. The number of methoxy groups -OCH3 is 2. The number of hydrogen-bond donors (Lipinski definition) is 1. The fourth-order valence-corrected chi connectivity index (χ4v) is 8.35. The van der Waals surface area contributed by atoms with Crippen molar-refractivity contribution in [1.29, 1.82) is 0 Å². The number of ether oxygens (including phenoxy) is 4. The molecule has 6 heterocycles. The molecule has 8 rings (SSSR count). The molecule has 2 atom stereocenters. The molecule has 2 saturated heterocycles. The molecule has 17 heteroatoms. The van der Waals surface area contributed by atoms with Crippen LogP contribution < -0.4 is 25.1 Å². The van der Waals surface area contributed by atoms with Crippen LogP contribution in [0.15, 0.2) is 66.0 Å². The minimum Gasteiger partial charge on any atom is -0.496 e. The molecule has 61 heavy (non-hydrogen) atoms. The molecule has 0 spiro atoms. The highest BCUT2D eigenvalue weighted by Gasteiger charge is 2.44. The maximum atomic E-state index is 13.1. The molecular weight excluding hydrogens is 785 g/mol. The summed E-state index contributed by atoms with van der Waals surface area (Å²) in [4.78, 5) is 70.2. The van der Waals surface area contributed by atoms with Gasteiger partial charge in [-0.15, -0.1) is 5.10 Å². The van der Waals surface area contributed by atoms with Gasteiger partial charge >= 0.3 is 0 Å². The lowest BCUT2D eigenvalue weighted by molar-refractivity contribution is -0.136. The molecule has 0 aliphatic carbocycles. The van der Waals surface area contributed by atoms with E-state index in [1.54, 1.807) is 50.4 Å². The van der Waals surface area contributed by atoms with Gasteiger partial charge in [0.15, 0.2) is 0 Å². The molecule has 2 aromatic carbocycles. The van der Waals surface area contributed by atoms with Gasteiger partial charge in [-0.2, -0.15) is 0 Å². The zero-order valence-corrected chi connectivity index (χ0v) is 34.4. The fourth-order valence-electron chi connectivity index (χ4n) is 8.35. The second-order valence-electron chi connectivity index (χ2n) is 15.6. The van der Waals surface area contributed by atoms with Crippen molar-refractivity contribution >= 4 is 34.4 Å². The van der Waals surface area contributed by atoms with Crippen LogP contribution in [0.4, 0.5) is 0 Å². The van der Waals surface area contributed by atoms with Gasteiger partial charge in [-0.1, -0.05) is 5.21 Å². The second-order valence-corrected chi connectivity index (χ2v) is 15.6. The number of hydrogen-bond acceptors (Lipinski definition) is 13. The number of nitrogens with zero attached hydrogens (tertiary/aromatic N) is 7. The molecule has 3 aliphatic heterocycles. The first-order chi connectivity index (χ1) is 29.6. The van der Waals surface area contributed by atoms with Crippen molar-refractivity contribution < 1.29 is 38.1 Å². The lowest BCUT2D eigenvalue weighted by Gasteiger charge is -2.33. The highest BCUT2D eigenvalue weighted by atomic mass is 16.5. The van der Waals surface area contributed by atoms with Crippen LogP contribution >= 0.6 is 0 Å². The molecule has 0 bridgehead atoms. The van der Waals surface area contributed by atoms with Crippen LogP contribution in [-0.4, -0.2) is 104 Å². The number of aromatic nitrogens is 5. The number of likely N-dealkylation sites (tertiary alicyclic amines) is 1. The number of carbonyl (C=O) groups is 4. The maximum absolute atomic E-state index is 13.1. The molecular formula is C44H48N8O9. The molecule has 318 valence electrons. The number of fused-ring (bicyclic) bond motifs is 2. The van der Waals surface area contributed by atoms with Crippen LogP contribution in [-0.2, 0) is 41.1 Å². The summed E-state index contributed by atoms with van der Waals surface area (Å²) < 4.78 is 27.5. The van der Waals surface area contributed by atoms with Crippen LogP contribution in [0, 0.1) is 0 Å². The van der Waals surface area contributed by atoms with Crippen molar-refractivity contribution in [2.24, 2.45) is 7.05 Å². The lowest BCUT2D eigenvalue weighted by Crippen LogP contribution is -2.54. The number of rotatable bonds is 16. The zero-order chi connectivity index (χ0) is 42.6. The Labute approximate surface area is 351 Å². The van der Waals surface area contributed by atoms with Crippen molar-refractivity contribution in [3.05, 3.63) is 93.9 Å². The number of pyridine rings is 2. The Morgan fingerprint density at radius 3 is 2.46 bits per heavy atom. The Morgan fingerprint density at radius 2 is 1.67 bits per heavy atom. The van der Waals surface area contributed by atoms with E-state index < -0.39 is 29.7 Å². The normalized spacial score (nSPS) is 18.1. The minimum atomic E-state index is -1.01. The van der Waals surface area contributed by atoms with Crippen LogP contribution in [0.5, 0.6) is 17.2 Å². The number of nitrogens with one attached hydrogen (secondary N) is 1. The summed E-state index contributed by atoms with van der Waals surface area (Å²) >= 11 is 0. The summed E-state index contributed by atoms with van der Waals surface area (Å²) in [6, 6.07) is 9.57. The quantitative estimate of drug-likeness (QED) is 0.111. The molecule has 0 saturated carbocycles. The summed E-state index contributed by atoms with van der Waals surface area (Å²) in [5.74, 6) is -0.293. The number of unbranched alkanes of at least 4 members (excludes halogenated alkanes) is 2. The first-order valence-corrected chi connectivity index (χ1v) is 20.5. The predicted molar refractivity (Wildman–Crippen MR) is 221 cm³/mol. The molecule has 1 N–H and O–H groups in total. The molecule has 5 aromatic rings. The molecule has 2 unspecified atom stereocenters. The van der Waals surface area contributed by atoms with E-state index in [-0.39, 0.29) is 35.6 Å². The van der Waals surface area contributed by atoms with E-state index >= 15 is 0 Å². The summed E-state index contributed by atoms with van der Waals surface area (Å²) in [5.41, 5.74) is 3.77. The van der Waals surface area contributed by atoms with Crippen LogP contribution in [0.3, 0.4) is 0 Å². The molecule has 3 aromatic heterocycles. The van der Waals surface area contributed by atoms with Crippen molar-refractivity contribution in [2.75, 3.05) is 33.9 Å². The van der Waals surface area contributed by atoms with Gasteiger partial charge in [-0.05, 0) is 92.4 Å². The molecule has 2 fully saturated rings. The third-order valence-electron chi connectivity index (χ3n) is 11.5. The fraction of sp³-hybridized carbons (Fsp3) is 0.409. The van der Waals surface area contributed by atoms with Gasteiger partial charge in [0.25, 0.3) is 17.4 Å². The van der Waals surface area contributed by atoms with E-state index in [2.05, 4.69) is 25.5 Å². The zero-order valence-electron chi connectivity index (χ0n) is 34.4. The second kappa shape index (κ2) is 18.0. The highest BCUT2D eigenvalue weighted by Crippen LogP contribution is 2.38. The first kappa shape index (κ1) is 41.3. The monoisotopic (exact) mass is 832 g/mol. The van der Waals surface area contributed by atoms with Gasteiger partial charge in [0.1, 0.15) is 29.0 Å². The number of carbonyl (C=O) groups excluding carboxylic acids is 4. The topological polar surface area (TPSA) is 189 Å². The van der Waals surface area contributed by atoms with Gasteiger partial charge in [0, 0.05) is 57.3 Å². The SMILES string of the molecule is COc1cc(-c2cn(C)c(=O)c3cnccc23)cc(OC)c1CN1CCCC(OCc2cn(CCCCCOc3ccc4c(c3)C(=O)N(C3CCC(=O)NC3=O)C4=O)nn2)C1. The number of piperidine rings is 2. The van der Waals surface area contributed by atoms with E-state index in [1.807, 2.05) is 35.3 Å². The third-order valence-corrected chi connectivity index (χ3v) is 11.5. The predicted octanol–water partition coefficient (Wildman–Crippen LogP) is 4.04. The number of aryl methyl sites for hydroxylation is 2. The lowest BCUT2D eigenvalue weighted by atomic mass is 9.98. The average Bonchev–Trinajstić information content (AvgIpc) is 3.83. The Kier molecular flexibility index (Phi) is 12.2. The molecule has 17 nitrogen and oxygen atoms in total. The summed E-state index contributed by atoms with van der Waals surface area (Å²) in [6.07, 6.45) is 11.6. The van der Waals surface area contributed by atoms with Gasteiger partial charge in [-0.25, -0.2) is 0 Å². The largest absolute Gasteiger partial charge is 0.496 e. The summed E-state index contributed by atoms with van der Waals surface area (Å²) in [5, 5.41) is 12.2. The van der Waals surface area contributed by atoms with E-state index in [1.165, 1.54) is 6.07 Å². The van der Waals surface area contributed by atoms with E-state index in [9.17, 15) is 24.0 Å². The van der Waals surface area contributed by atoms with Gasteiger partial charge in [-0.3, -0.25) is 48.8 Å². The number of benzene rings is 2. The van der Waals surface area contributed by atoms with Gasteiger partial charge in [0.05, 0.1) is 61.8 Å². The van der Waals surface area contributed by atoms with E-state index in [0.29, 0.717) is 48.9 Å². The molecule has 3 aliphatic rings. The van der Waals surface area contributed by atoms with E-state index in [4.69, 9.17) is 18.9 Å². The number of imide groups is 2. The van der Waals surface area contributed by atoms with Crippen molar-refractivity contribution in [3.63, 3.8) is 0 Å². The minimum absolute atomic E-state index is 0.0225. The van der Waals surface area contributed by atoms with Crippen LogP contribution in [0.25, 0.3) is 21.9 Å². The third kappa shape index (κ3) is 8.74. The highest BCUT2D eigenvalue weighted by molar-refractivity contribution is 6.23. The smallest absolute Gasteiger partial charge is 0.262 e. The Morgan fingerprint density at radius 1 is 0.869 bits per heavy atom. The summed E-state index contributed by atoms with van der Waals surface area (Å²) in [6.45, 7) is 3.73. The van der Waals surface area contributed by atoms with Gasteiger partial charge < -0.3 is 23.5 Å². The molecule has 0 radical (unpaired) electrons. The maximum Gasteiger partial charge on any atom is 0.262 e. The standard InChI is InChI=1S/C44H48N8O9/c1-49-24-35(31-13-14-45-21-34(31)42(49)55)27-18-38(58-2)36(39(19-27)59-3)25-50-15-7-8-30(23-50)61-26-28-22-51(48-47-28)16-5-4-6-17-60-29-9-10-32-33(20-29)44(57)52(43(32)56)37-11-12-40(53)46-41(37)54/h9-10,13-14,18-22,24,30,37H,4-8,11-12,15-17,23,25-26H2,1-3H3,(H,46,53,54). The summed E-state index contributed by atoms with van der Waals surface area (Å²) in [7, 11) is 5.05. The van der Waals surface area contributed by atoms with Crippen LogP contribution in [0.2, 0.25) is 0 Å². The van der Waals surface area contributed by atoms with Crippen molar-refractivity contribution in [1.82, 2.24) is 39.7 Å². The average molecular weight is 833 g/mol. The first-order valence-electron chi connectivity index (χ1n) is 20.5. The molecule has 4 amide bonds. The Bertz CT molecular complexity index is 2530.